The monoisotopic (exact) mass is 307 g/mol. The molecular formula is C16H22ClN3O. The van der Waals surface area contributed by atoms with E-state index in [0.29, 0.717) is 17.7 Å². The fourth-order valence-electron chi connectivity index (χ4n) is 1.99. The van der Waals surface area contributed by atoms with E-state index in [1.54, 1.807) is 6.20 Å². The molecule has 0 unspecified atom stereocenters. The van der Waals surface area contributed by atoms with E-state index in [-0.39, 0.29) is 0 Å². The summed E-state index contributed by atoms with van der Waals surface area (Å²) in [5, 5.41) is 4.02. The number of halogens is 1. The first-order valence-electron chi connectivity index (χ1n) is 7.18. The Morgan fingerprint density at radius 2 is 2.19 bits per heavy atom. The maximum Gasteiger partial charge on any atom is 0.137 e. The number of hydrogen-bond acceptors (Lipinski definition) is 3. The summed E-state index contributed by atoms with van der Waals surface area (Å²) < 4.78 is 7.80. The Morgan fingerprint density at radius 3 is 2.81 bits per heavy atom. The van der Waals surface area contributed by atoms with Gasteiger partial charge in [0.05, 0.1) is 11.6 Å². The zero-order valence-electron chi connectivity index (χ0n) is 12.8. The molecule has 0 amide bonds. The molecule has 0 spiro atoms. The molecule has 0 saturated heterocycles. The molecule has 5 heteroatoms. The molecule has 0 bridgehead atoms. The molecule has 0 aliphatic heterocycles. The first-order chi connectivity index (χ1) is 10.1. The van der Waals surface area contributed by atoms with Crippen LogP contribution in [0.15, 0.2) is 30.6 Å². The molecule has 0 aliphatic rings. The lowest BCUT2D eigenvalue weighted by Gasteiger charge is -2.12. The van der Waals surface area contributed by atoms with Crippen LogP contribution in [0.4, 0.5) is 0 Å². The maximum atomic E-state index is 6.26. The predicted molar refractivity (Wildman–Crippen MR) is 85.9 cm³/mol. The van der Waals surface area contributed by atoms with Gasteiger partial charge in [-0.25, -0.2) is 4.98 Å². The number of aryl methyl sites for hydroxylation is 1. The Bertz CT molecular complexity index is 581. The maximum absolute atomic E-state index is 6.26. The average molecular weight is 308 g/mol. The smallest absolute Gasteiger partial charge is 0.137 e. The molecule has 2 aromatic rings. The molecule has 114 valence electrons. The average Bonchev–Trinajstić information content (AvgIpc) is 2.84. The van der Waals surface area contributed by atoms with Gasteiger partial charge < -0.3 is 14.6 Å². The van der Waals surface area contributed by atoms with Gasteiger partial charge in [-0.2, -0.15) is 0 Å². The molecule has 2 rings (SSSR count). The van der Waals surface area contributed by atoms with Crippen LogP contribution in [-0.2, 0) is 13.1 Å². The summed E-state index contributed by atoms with van der Waals surface area (Å²) in [5.74, 6) is 1.71. The van der Waals surface area contributed by atoms with Crippen molar-refractivity contribution in [3.05, 3.63) is 47.0 Å². The second kappa shape index (κ2) is 7.48. The van der Waals surface area contributed by atoms with Crippen LogP contribution >= 0.6 is 11.6 Å². The first kappa shape index (κ1) is 15.9. The van der Waals surface area contributed by atoms with E-state index in [2.05, 4.69) is 28.7 Å². The summed E-state index contributed by atoms with van der Waals surface area (Å²) in [6.45, 7) is 8.36. The van der Waals surface area contributed by atoms with Crippen molar-refractivity contribution in [3.8, 4) is 5.75 Å². The zero-order chi connectivity index (χ0) is 15.2. The minimum Gasteiger partial charge on any atom is -0.490 e. The molecule has 0 fully saturated rings. The fourth-order valence-corrected chi connectivity index (χ4v) is 2.25. The van der Waals surface area contributed by atoms with Crippen molar-refractivity contribution in [1.82, 2.24) is 14.9 Å². The number of imidazole rings is 1. The summed E-state index contributed by atoms with van der Waals surface area (Å²) in [4.78, 5) is 4.18. The third-order valence-corrected chi connectivity index (χ3v) is 3.52. The summed E-state index contributed by atoms with van der Waals surface area (Å²) >= 11 is 6.26. The number of nitrogens with zero attached hydrogens (tertiary/aromatic N) is 2. The van der Waals surface area contributed by atoms with E-state index in [1.807, 2.05) is 31.3 Å². The second-order valence-electron chi connectivity index (χ2n) is 5.32. The number of hydrogen-bond donors (Lipinski definition) is 1. The third-order valence-electron chi connectivity index (χ3n) is 3.22. The van der Waals surface area contributed by atoms with Crippen molar-refractivity contribution in [2.75, 3.05) is 6.61 Å². The van der Waals surface area contributed by atoms with Crippen LogP contribution < -0.4 is 10.1 Å². The molecule has 1 aromatic carbocycles. The number of nitrogens with one attached hydrogen (secondary N) is 1. The lowest BCUT2D eigenvalue weighted by Crippen LogP contribution is -2.21. The Labute approximate surface area is 131 Å². The molecule has 0 atom stereocenters. The van der Waals surface area contributed by atoms with Crippen molar-refractivity contribution < 1.29 is 4.74 Å². The van der Waals surface area contributed by atoms with Gasteiger partial charge in [0.15, 0.2) is 0 Å². The standard InChI is InChI=1S/C16H22ClN3O/c1-12(2)19-11-14-4-5-16(15(17)10-14)21-9-8-20-7-6-18-13(20)3/h4-7,10,12,19H,8-9,11H2,1-3H3. The van der Waals surface area contributed by atoms with Gasteiger partial charge in [0, 0.05) is 25.0 Å². The SMILES string of the molecule is Cc1nccn1CCOc1ccc(CNC(C)C)cc1Cl. The molecule has 4 nitrogen and oxygen atoms in total. The normalized spacial score (nSPS) is 11.1. The molecule has 1 aromatic heterocycles. The minimum absolute atomic E-state index is 0.457. The molecule has 1 heterocycles. The summed E-state index contributed by atoms with van der Waals surface area (Å²) in [5.41, 5.74) is 1.16. The second-order valence-corrected chi connectivity index (χ2v) is 5.72. The Balaban J connectivity index is 1.87. The van der Waals surface area contributed by atoms with Crippen molar-refractivity contribution in [3.63, 3.8) is 0 Å². The van der Waals surface area contributed by atoms with Gasteiger partial charge in [-0.05, 0) is 24.6 Å². The van der Waals surface area contributed by atoms with Crippen molar-refractivity contribution >= 4 is 11.6 Å². The first-order valence-corrected chi connectivity index (χ1v) is 7.56. The van der Waals surface area contributed by atoms with Crippen molar-refractivity contribution in [1.29, 1.82) is 0 Å². The van der Waals surface area contributed by atoms with Gasteiger partial charge >= 0.3 is 0 Å². The van der Waals surface area contributed by atoms with E-state index in [4.69, 9.17) is 16.3 Å². The van der Waals surface area contributed by atoms with Crippen LogP contribution in [0, 0.1) is 6.92 Å². The van der Waals surface area contributed by atoms with Crippen molar-refractivity contribution in [2.45, 2.75) is 39.9 Å². The highest BCUT2D eigenvalue weighted by atomic mass is 35.5. The number of aromatic nitrogens is 2. The quantitative estimate of drug-likeness (QED) is 0.852. The van der Waals surface area contributed by atoms with E-state index in [1.165, 1.54) is 0 Å². The fraction of sp³-hybridized carbons (Fsp3) is 0.438. The highest BCUT2D eigenvalue weighted by Gasteiger charge is 2.04. The summed E-state index contributed by atoms with van der Waals surface area (Å²) in [6, 6.07) is 6.38. The predicted octanol–water partition coefficient (Wildman–Crippen LogP) is 3.42. The lowest BCUT2D eigenvalue weighted by molar-refractivity contribution is 0.297. The van der Waals surface area contributed by atoms with Crippen LogP contribution in [-0.4, -0.2) is 22.2 Å². The van der Waals surface area contributed by atoms with E-state index < -0.39 is 0 Å². The van der Waals surface area contributed by atoms with Gasteiger partial charge in [0.2, 0.25) is 0 Å². The number of benzene rings is 1. The van der Waals surface area contributed by atoms with Crippen LogP contribution in [0.25, 0.3) is 0 Å². The lowest BCUT2D eigenvalue weighted by atomic mass is 10.2. The van der Waals surface area contributed by atoms with E-state index in [0.717, 1.165) is 30.2 Å². The Morgan fingerprint density at radius 1 is 1.38 bits per heavy atom. The van der Waals surface area contributed by atoms with Crippen LogP contribution in [0.1, 0.15) is 25.2 Å². The Hall–Kier alpha value is -1.52. The van der Waals surface area contributed by atoms with Crippen molar-refractivity contribution in [2.24, 2.45) is 0 Å². The van der Waals surface area contributed by atoms with Gasteiger partial charge in [-0.3, -0.25) is 0 Å². The molecule has 0 saturated carbocycles. The van der Waals surface area contributed by atoms with Gasteiger partial charge in [0.1, 0.15) is 18.2 Å². The molecular weight excluding hydrogens is 286 g/mol. The third kappa shape index (κ3) is 4.76. The largest absolute Gasteiger partial charge is 0.490 e. The molecule has 21 heavy (non-hydrogen) atoms. The van der Waals surface area contributed by atoms with E-state index in [9.17, 15) is 0 Å². The zero-order valence-corrected chi connectivity index (χ0v) is 13.5. The van der Waals surface area contributed by atoms with Gasteiger partial charge in [0.25, 0.3) is 0 Å². The molecule has 1 N–H and O–H groups in total. The van der Waals surface area contributed by atoms with Crippen LogP contribution in [0.5, 0.6) is 5.75 Å². The highest BCUT2D eigenvalue weighted by Crippen LogP contribution is 2.25. The molecule has 0 aliphatic carbocycles. The number of rotatable bonds is 7. The summed E-state index contributed by atoms with van der Waals surface area (Å²) in [7, 11) is 0. The van der Waals surface area contributed by atoms with Crippen LogP contribution in [0.3, 0.4) is 0 Å². The van der Waals surface area contributed by atoms with Crippen LogP contribution in [0.2, 0.25) is 5.02 Å². The Kier molecular flexibility index (Phi) is 5.65. The topological polar surface area (TPSA) is 39.1 Å². The minimum atomic E-state index is 0.457. The number of ether oxygens (including phenoxy) is 1. The van der Waals surface area contributed by atoms with Gasteiger partial charge in [-0.1, -0.05) is 31.5 Å². The highest BCUT2D eigenvalue weighted by molar-refractivity contribution is 6.32. The summed E-state index contributed by atoms with van der Waals surface area (Å²) in [6.07, 6.45) is 3.74. The van der Waals surface area contributed by atoms with E-state index >= 15 is 0 Å². The molecule has 0 radical (unpaired) electrons. The van der Waals surface area contributed by atoms with Gasteiger partial charge in [-0.15, -0.1) is 0 Å².